The first-order chi connectivity index (χ1) is 9.29. The molecule has 19 heavy (non-hydrogen) atoms. The summed E-state index contributed by atoms with van der Waals surface area (Å²) < 4.78 is 15.1. The van der Waals surface area contributed by atoms with Crippen LogP contribution in [0.3, 0.4) is 0 Å². The number of benzene rings is 2. The van der Waals surface area contributed by atoms with Crippen molar-refractivity contribution in [3.05, 3.63) is 53.8 Å². The summed E-state index contributed by atoms with van der Waals surface area (Å²) in [5, 5.41) is 8.25. The molecule has 5 heteroatoms. The Kier molecular flexibility index (Phi) is 2.97. The number of para-hydroxylation sites is 1. The summed E-state index contributed by atoms with van der Waals surface area (Å²) in [5.41, 5.74) is 8.94. The van der Waals surface area contributed by atoms with E-state index in [2.05, 4.69) is 10.3 Å². The van der Waals surface area contributed by atoms with Crippen LogP contribution in [-0.2, 0) is 6.42 Å². The van der Waals surface area contributed by atoms with Crippen LogP contribution in [0.25, 0.3) is 16.7 Å². The molecular weight excluding hydrogens is 243 g/mol. The van der Waals surface area contributed by atoms with E-state index in [1.54, 1.807) is 10.7 Å². The van der Waals surface area contributed by atoms with Gasteiger partial charge in [-0.15, -0.1) is 5.10 Å². The van der Waals surface area contributed by atoms with E-state index in [1.165, 1.54) is 12.1 Å². The molecule has 0 bridgehead atoms. The Balaban J connectivity index is 2.21. The van der Waals surface area contributed by atoms with Crippen LogP contribution in [0.1, 0.15) is 5.56 Å². The molecule has 0 unspecified atom stereocenters. The van der Waals surface area contributed by atoms with Crippen LogP contribution in [0.15, 0.2) is 42.5 Å². The fourth-order valence-corrected chi connectivity index (χ4v) is 2.16. The van der Waals surface area contributed by atoms with E-state index in [1.807, 2.05) is 24.3 Å². The summed E-state index contributed by atoms with van der Waals surface area (Å²) in [6.45, 7) is 0.461. The van der Waals surface area contributed by atoms with E-state index in [-0.39, 0.29) is 5.82 Å². The molecule has 3 rings (SSSR count). The Bertz CT molecular complexity index is 720. The van der Waals surface area contributed by atoms with Crippen molar-refractivity contribution in [3.8, 4) is 5.69 Å². The number of hydrogen-bond acceptors (Lipinski definition) is 3. The Hall–Kier alpha value is -2.27. The van der Waals surface area contributed by atoms with Crippen molar-refractivity contribution in [2.75, 3.05) is 6.54 Å². The maximum Gasteiger partial charge on any atom is 0.123 e. The fraction of sp³-hybridized carbons (Fsp3) is 0.143. The molecule has 96 valence electrons. The molecule has 0 spiro atoms. The minimum atomic E-state index is -0.267. The van der Waals surface area contributed by atoms with Gasteiger partial charge in [0.25, 0.3) is 0 Å². The lowest BCUT2D eigenvalue weighted by molar-refractivity contribution is 0.624. The maximum absolute atomic E-state index is 13.3. The molecule has 4 nitrogen and oxygen atoms in total. The third-order valence-corrected chi connectivity index (χ3v) is 3.04. The van der Waals surface area contributed by atoms with E-state index >= 15 is 0 Å². The van der Waals surface area contributed by atoms with E-state index in [9.17, 15) is 4.39 Å². The smallest absolute Gasteiger partial charge is 0.123 e. The number of fused-ring (bicyclic) bond motifs is 1. The highest BCUT2D eigenvalue weighted by atomic mass is 19.1. The van der Waals surface area contributed by atoms with Gasteiger partial charge in [0.05, 0.1) is 11.2 Å². The van der Waals surface area contributed by atoms with Crippen LogP contribution in [-0.4, -0.2) is 21.5 Å². The topological polar surface area (TPSA) is 56.7 Å². The average Bonchev–Trinajstić information content (AvgIpc) is 2.83. The van der Waals surface area contributed by atoms with Crippen molar-refractivity contribution in [2.45, 2.75) is 6.42 Å². The number of rotatable bonds is 3. The number of nitrogens with zero attached hydrogens (tertiary/aromatic N) is 3. The summed E-state index contributed by atoms with van der Waals surface area (Å²) in [4.78, 5) is 0. The Morgan fingerprint density at radius 2 is 2.00 bits per heavy atom. The number of halogens is 1. The summed E-state index contributed by atoms with van der Waals surface area (Å²) in [6, 6.07) is 12.3. The molecule has 3 aromatic rings. The molecule has 0 radical (unpaired) electrons. The summed E-state index contributed by atoms with van der Waals surface area (Å²) in [5.74, 6) is -0.267. The molecule has 0 saturated heterocycles. The van der Waals surface area contributed by atoms with Crippen molar-refractivity contribution >= 4 is 11.0 Å². The number of aromatic nitrogens is 3. The molecule has 0 aliphatic rings. The molecule has 1 heterocycles. The van der Waals surface area contributed by atoms with Gasteiger partial charge in [0, 0.05) is 0 Å². The highest BCUT2D eigenvalue weighted by molar-refractivity contribution is 5.76. The van der Waals surface area contributed by atoms with Gasteiger partial charge in [0.2, 0.25) is 0 Å². The zero-order valence-electron chi connectivity index (χ0n) is 10.3. The lowest BCUT2D eigenvalue weighted by atomic mass is 10.1. The Morgan fingerprint density at radius 3 is 2.84 bits per heavy atom. The van der Waals surface area contributed by atoms with Gasteiger partial charge >= 0.3 is 0 Å². The van der Waals surface area contributed by atoms with Gasteiger partial charge in [-0.2, -0.15) is 0 Å². The van der Waals surface area contributed by atoms with Crippen LogP contribution in [0.4, 0.5) is 4.39 Å². The first kappa shape index (κ1) is 11.8. The van der Waals surface area contributed by atoms with Crippen molar-refractivity contribution in [1.82, 2.24) is 15.0 Å². The summed E-state index contributed by atoms with van der Waals surface area (Å²) in [7, 11) is 0. The van der Waals surface area contributed by atoms with Gasteiger partial charge in [0.15, 0.2) is 0 Å². The maximum atomic E-state index is 13.3. The Labute approximate surface area is 109 Å². The highest BCUT2D eigenvalue weighted by Crippen LogP contribution is 2.20. The molecule has 0 fully saturated rings. The highest BCUT2D eigenvalue weighted by Gasteiger charge is 2.10. The molecule has 0 atom stereocenters. The average molecular weight is 256 g/mol. The Morgan fingerprint density at radius 1 is 1.16 bits per heavy atom. The fourth-order valence-electron chi connectivity index (χ4n) is 2.16. The first-order valence-electron chi connectivity index (χ1n) is 6.09. The monoisotopic (exact) mass is 256 g/mol. The van der Waals surface area contributed by atoms with Gasteiger partial charge in [-0.3, -0.25) is 0 Å². The van der Waals surface area contributed by atoms with Crippen LogP contribution < -0.4 is 5.73 Å². The SMILES string of the molecule is NCCc1cc(F)ccc1-n1nnc2ccccc21. The van der Waals surface area contributed by atoms with Gasteiger partial charge in [-0.25, -0.2) is 9.07 Å². The minimum absolute atomic E-state index is 0.267. The molecule has 0 aliphatic heterocycles. The van der Waals surface area contributed by atoms with Crippen LogP contribution in [0.5, 0.6) is 0 Å². The quantitative estimate of drug-likeness (QED) is 0.780. The van der Waals surface area contributed by atoms with Crippen molar-refractivity contribution in [2.24, 2.45) is 5.73 Å². The van der Waals surface area contributed by atoms with Crippen molar-refractivity contribution in [3.63, 3.8) is 0 Å². The van der Waals surface area contributed by atoms with Crippen LogP contribution in [0.2, 0.25) is 0 Å². The third-order valence-electron chi connectivity index (χ3n) is 3.04. The third kappa shape index (κ3) is 2.08. The van der Waals surface area contributed by atoms with E-state index < -0.39 is 0 Å². The van der Waals surface area contributed by atoms with Gasteiger partial charge in [0.1, 0.15) is 11.3 Å². The van der Waals surface area contributed by atoms with Crippen LogP contribution in [0, 0.1) is 5.82 Å². The molecule has 2 N–H and O–H groups in total. The number of hydrogen-bond donors (Lipinski definition) is 1. The van der Waals surface area contributed by atoms with E-state index in [0.29, 0.717) is 13.0 Å². The van der Waals surface area contributed by atoms with E-state index in [4.69, 9.17) is 5.73 Å². The van der Waals surface area contributed by atoms with Crippen molar-refractivity contribution in [1.29, 1.82) is 0 Å². The second-order valence-corrected chi connectivity index (χ2v) is 4.30. The molecule has 0 aliphatic carbocycles. The largest absolute Gasteiger partial charge is 0.330 e. The molecular formula is C14H13FN4. The second kappa shape index (κ2) is 4.78. The van der Waals surface area contributed by atoms with Gasteiger partial charge < -0.3 is 5.73 Å². The van der Waals surface area contributed by atoms with Crippen LogP contribution >= 0.6 is 0 Å². The number of nitrogens with two attached hydrogens (primary N) is 1. The zero-order chi connectivity index (χ0) is 13.2. The first-order valence-corrected chi connectivity index (χ1v) is 6.09. The lowest BCUT2D eigenvalue weighted by Gasteiger charge is -2.09. The lowest BCUT2D eigenvalue weighted by Crippen LogP contribution is -2.08. The normalized spacial score (nSPS) is 11.1. The predicted octanol–water partition coefficient (Wildman–Crippen LogP) is 2.06. The predicted molar refractivity (Wildman–Crippen MR) is 71.6 cm³/mol. The molecule has 0 amide bonds. The molecule has 2 aromatic carbocycles. The standard InChI is InChI=1S/C14H13FN4/c15-11-5-6-13(10(9-11)7-8-16)19-14-4-2-1-3-12(14)17-18-19/h1-6,9H,7-8,16H2. The zero-order valence-corrected chi connectivity index (χ0v) is 10.3. The summed E-state index contributed by atoms with van der Waals surface area (Å²) >= 11 is 0. The minimum Gasteiger partial charge on any atom is -0.330 e. The van der Waals surface area contributed by atoms with Gasteiger partial charge in [-0.1, -0.05) is 17.3 Å². The second-order valence-electron chi connectivity index (χ2n) is 4.30. The summed E-state index contributed by atoms with van der Waals surface area (Å²) in [6.07, 6.45) is 0.598. The molecule has 1 aromatic heterocycles. The molecule has 0 saturated carbocycles. The van der Waals surface area contributed by atoms with E-state index in [0.717, 1.165) is 22.3 Å². The van der Waals surface area contributed by atoms with Gasteiger partial charge in [-0.05, 0) is 48.9 Å². The van der Waals surface area contributed by atoms with Crippen molar-refractivity contribution < 1.29 is 4.39 Å².